The van der Waals surface area contributed by atoms with E-state index in [1.165, 1.54) is 0 Å². The molecule has 0 N–H and O–H groups in total. The summed E-state index contributed by atoms with van der Waals surface area (Å²) in [6.07, 6.45) is 0. The zero-order valence-corrected chi connectivity index (χ0v) is 19.4. The molecule has 0 aliphatic carbocycles. The fourth-order valence-corrected chi connectivity index (χ4v) is 11.2. The van der Waals surface area contributed by atoms with Crippen LogP contribution in [0.25, 0.3) is 9.98 Å². The van der Waals surface area contributed by atoms with Gasteiger partial charge in [0, 0.05) is 0 Å². The van der Waals surface area contributed by atoms with Gasteiger partial charge in [-0.3, -0.25) is 0 Å². The van der Waals surface area contributed by atoms with Crippen molar-refractivity contribution >= 4 is 35.2 Å². The standard InChI is InChI=1S/C24H26GeO4/c1-5-28-23(26)20-19(17-13-9-7-10-14-17)22(24(27)29-6-2)25(3,4)21(20)18-15-11-8-12-16-18/h7-16H,5-6H2,1-4H3. The fourth-order valence-electron chi connectivity index (χ4n) is 3.97. The SMILES string of the molecule is CCOC(=O)C1=[C](c2ccccc2)[Ge]([CH3])([CH3])[C](C(=O)OCC)=C1c1ccccc1. The molecule has 5 heteroatoms. The van der Waals surface area contributed by atoms with E-state index in [4.69, 9.17) is 9.47 Å². The summed E-state index contributed by atoms with van der Waals surface area (Å²) in [5, 5.41) is 0. The van der Waals surface area contributed by atoms with Gasteiger partial charge in [-0.2, -0.15) is 0 Å². The number of hydrogen-bond donors (Lipinski definition) is 0. The molecule has 0 radical (unpaired) electrons. The molecule has 1 aliphatic rings. The van der Waals surface area contributed by atoms with Crippen molar-refractivity contribution in [3.05, 3.63) is 81.8 Å². The van der Waals surface area contributed by atoms with E-state index in [1.54, 1.807) is 13.8 Å². The van der Waals surface area contributed by atoms with Crippen molar-refractivity contribution in [2.75, 3.05) is 13.2 Å². The number of esters is 2. The van der Waals surface area contributed by atoms with Crippen LogP contribution in [0.15, 0.2) is 70.6 Å². The molecule has 1 heterocycles. The van der Waals surface area contributed by atoms with Crippen LogP contribution in [-0.4, -0.2) is 38.4 Å². The molecule has 4 nitrogen and oxygen atoms in total. The van der Waals surface area contributed by atoms with Gasteiger partial charge in [-0.15, -0.1) is 0 Å². The molecule has 0 saturated carbocycles. The first-order valence-electron chi connectivity index (χ1n) is 9.88. The first-order valence-corrected chi connectivity index (χ1v) is 16.2. The molecule has 0 saturated heterocycles. The van der Waals surface area contributed by atoms with E-state index in [9.17, 15) is 9.59 Å². The van der Waals surface area contributed by atoms with Crippen LogP contribution in [0.1, 0.15) is 25.0 Å². The van der Waals surface area contributed by atoms with Crippen LogP contribution < -0.4 is 0 Å². The molecule has 150 valence electrons. The fraction of sp³-hybridized carbons (Fsp3) is 0.250. The minimum absolute atomic E-state index is 0.272. The first-order chi connectivity index (χ1) is 13.9. The van der Waals surface area contributed by atoms with Crippen molar-refractivity contribution in [3.63, 3.8) is 0 Å². The second kappa shape index (κ2) is 8.82. The van der Waals surface area contributed by atoms with Crippen LogP contribution in [0.4, 0.5) is 0 Å². The summed E-state index contributed by atoms with van der Waals surface area (Å²) >= 11 is -3.19. The molecule has 0 atom stereocenters. The van der Waals surface area contributed by atoms with E-state index in [1.807, 2.05) is 60.7 Å². The molecule has 1 aliphatic heterocycles. The van der Waals surface area contributed by atoms with Crippen molar-refractivity contribution < 1.29 is 19.1 Å². The average Bonchev–Trinajstić information content (AvgIpc) is 2.97. The van der Waals surface area contributed by atoms with Crippen LogP contribution in [0.3, 0.4) is 0 Å². The number of rotatable bonds is 6. The topological polar surface area (TPSA) is 52.6 Å². The second-order valence-corrected chi connectivity index (χ2v) is 16.2. The molecular formula is C24H26GeO4. The number of carbonyl (C=O) groups excluding carboxylic acids is 2. The monoisotopic (exact) mass is 452 g/mol. The Morgan fingerprint density at radius 2 is 1.24 bits per heavy atom. The zero-order valence-electron chi connectivity index (χ0n) is 17.3. The minimum atomic E-state index is -3.19. The Bertz CT molecular complexity index is 972. The molecule has 0 bridgehead atoms. The van der Waals surface area contributed by atoms with Gasteiger partial charge in [0.2, 0.25) is 0 Å². The van der Waals surface area contributed by atoms with Gasteiger partial charge in [-0.05, 0) is 0 Å². The molecule has 0 fully saturated rings. The van der Waals surface area contributed by atoms with E-state index < -0.39 is 13.3 Å². The van der Waals surface area contributed by atoms with E-state index in [2.05, 4.69) is 11.5 Å². The van der Waals surface area contributed by atoms with Gasteiger partial charge in [0.15, 0.2) is 0 Å². The Kier molecular flexibility index (Phi) is 6.43. The average molecular weight is 451 g/mol. The van der Waals surface area contributed by atoms with Crippen LogP contribution in [0.2, 0.25) is 11.5 Å². The van der Waals surface area contributed by atoms with Crippen molar-refractivity contribution in [2.45, 2.75) is 25.4 Å². The predicted octanol–water partition coefficient (Wildman–Crippen LogP) is 4.82. The Labute approximate surface area is 174 Å². The predicted molar refractivity (Wildman–Crippen MR) is 117 cm³/mol. The van der Waals surface area contributed by atoms with Gasteiger partial charge in [0.1, 0.15) is 0 Å². The number of carbonyl (C=O) groups is 2. The van der Waals surface area contributed by atoms with Crippen molar-refractivity contribution in [2.24, 2.45) is 0 Å². The van der Waals surface area contributed by atoms with Gasteiger partial charge in [-0.25, -0.2) is 0 Å². The van der Waals surface area contributed by atoms with E-state index in [0.717, 1.165) is 15.5 Å². The molecule has 29 heavy (non-hydrogen) atoms. The molecule has 0 aromatic heterocycles. The maximum atomic E-state index is 13.2. The van der Waals surface area contributed by atoms with Crippen molar-refractivity contribution in [1.29, 1.82) is 0 Å². The Hall–Kier alpha value is -2.60. The summed E-state index contributed by atoms with van der Waals surface area (Å²) < 4.78 is 12.5. The quantitative estimate of drug-likeness (QED) is 0.467. The van der Waals surface area contributed by atoms with Crippen LogP contribution in [-0.2, 0) is 19.1 Å². The Morgan fingerprint density at radius 1 is 0.759 bits per heavy atom. The first kappa shape index (κ1) is 21.1. The van der Waals surface area contributed by atoms with Crippen LogP contribution in [0.5, 0.6) is 0 Å². The van der Waals surface area contributed by atoms with Gasteiger partial charge < -0.3 is 0 Å². The Morgan fingerprint density at radius 3 is 1.76 bits per heavy atom. The summed E-state index contributed by atoms with van der Waals surface area (Å²) in [6, 6.07) is 19.4. The zero-order chi connectivity index (χ0) is 21.0. The molecule has 3 rings (SSSR count). The normalized spacial score (nSPS) is 15.4. The van der Waals surface area contributed by atoms with E-state index >= 15 is 0 Å². The summed E-state index contributed by atoms with van der Waals surface area (Å²) in [6.45, 7) is 4.15. The van der Waals surface area contributed by atoms with E-state index in [0.29, 0.717) is 15.6 Å². The van der Waals surface area contributed by atoms with Gasteiger partial charge in [0.05, 0.1) is 0 Å². The van der Waals surface area contributed by atoms with Crippen molar-refractivity contribution in [3.8, 4) is 0 Å². The van der Waals surface area contributed by atoms with Crippen LogP contribution >= 0.6 is 0 Å². The van der Waals surface area contributed by atoms with Gasteiger partial charge in [0.25, 0.3) is 0 Å². The summed E-state index contributed by atoms with van der Waals surface area (Å²) in [4.78, 5) is 26.3. The number of benzene rings is 2. The second-order valence-electron chi connectivity index (χ2n) is 7.30. The van der Waals surface area contributed by atoms with Crippen LogP contribution in [0, 0.1) is 0 Å². The summed E-state index contributed by atoms with van der Waals surface area (Å²) in [7, 11) is 0. The number of hydrogen-bond acceptors (Lipinski definition) is 4. The maximum absolute atomic E-state index is 13.2. The molecule has 0 spiro atoms. The van der Waals surface area contributed by atoms with Gasteiger partial charge in [-0.1, -0.05) is 0 Å². The molecular weight excluding hydrogens is 425 g/mol. The van der Waals surface area contributed by atoms with Gasteiger partial charge >= 0.3 is 175 Å². The third-order valence-corrected chi connectivity index (χ3v) is 12.4. The molecule has 2 aromatic rings. The molecule has 0 amide bonds. The summed E-state index contributed by atoms with van der Waals surface area (Å²) in [5.74, 6) is 3.57. The molecule has 2 aromatic carbocycles. The molecule has 0 unspecified atom stereocenters. The van der Waals surface area contributed by atoms with Crippen molar-refractivity contribution in [1.82, 2.24) is 0 Å². The summed E-state index contributed by atoms with van der Waals surface area (Å²) in [5.41, 5.74) is 2.99. The third-order valence-electron chi connectivity index (χ3n) is 5.08. The Balaban J connectivity index is 2.38. The third kappa shape index (κ3) is 3.94. The number of ether oxygens (including phenoxy) is 2. The van der Waals surface area contributed by atoms with E-state index in [-0.39, 0.29) is 25.2 Å².